The number of likely N-dealkylation sites (tertiary alicyclic amines) is 2. The topological polar surface area (TPSA) is 26.8 Å². The molecule has 0 spiro atoms. The van der Waals surface area contributed by atoms with E-state index in [1.165, 1.54) is 56.6 Å². The van der Waals surface area contributed by atoms with Crippen molar-refractivity contribution in [2.24, 2.45) is 5.92 Å². The number of piperidine rings is 2. The molecule has 0 aromatic heterocycles. The van der Waals surface area contributed by atoms with Crippen molar-refractivity contribution in [3.63, 3.8) is 0 Å². The number of rotatable bonds is 6. The third-order valence-electron chi connectivity index (χ3n) is 6.64. The predicted octanol–water partition coefficient (Wildman–Crippen LogP) is 3.19. The molecule has 1 unspecified atom stereocenters. The van der Waals surface area contributed by atoms with Gasteiger partial charge < -0.3 is 14.7 Å². The summed E-state index contributed by atoms with van der Waals surface area (Å²) >= 11 is 0. The Morgan fingerprint density at radius 3 is 2.59 bits per heavy atom. The van der Waals surface area contributed by atoms with Crippen LogP contribution in [0, 0.1) is 12.8 Å². The Balaban J connectivity index is 1.43. The summed E-state index contributed by atoms with van der Waals surface area (Å²) in [6.45, 7) is 10.6. The minimum Gasteiger partial charge on any atom is -0.343 e. The largest absolute Gasteiger partial charge is 0.343 e. The van der Waals surface area contributed by atoms with Crippen LogP contribution in [0.4, 0.5) is 0 Å². The molecule has 2 aliphatic heterocycles. The Bertz CT molecular complexity index is 609. The third-order valence-corrected chi connectivity index (χ3v) is 6.64. The lowest BCUT2D eigenvalue weighted by Gasteiger charge is -2.40. The number of amides is 1. The molecule has 4 heteroatoms. The molecule has 1 amide bonds. The van der Waals surface area contributed by atoms with Crippen molar-refractivity contribution in [2.45, 2.75) is 52.0 Å². The van der Waals surface area contributed by atoms with E-state index in [1.807, 2.05) is 4.90 Å². The minimum atomic E-state index is 0.229. The zero-order valence-electron chi connectivity index (χ0n) is 17.5. The monoisotopic (exact) mass is 371 g/mol. The summed E-state index contributed by atoms with van der Waals surface area (Å²) in [5.41, 5.74) is 2.91. The lowest BCUT2D eigenvalue weighted by atomic mass is 9.95. The highest BCUT2D eigenvalue weighted by molar-refractivity contribution is 5.73. The maximum absolute atomic E-state index is 11.5. The first-order valence-electron chi connectivity index (χ1n) is 10.8. The van der Waals surface area contributed by atoms with Gasteiger partial charge in [0.05, 0.1) is 0 Å². The Morgan fingerprint density at radius 1 is 1.15 bits per heavy atom. The zero-order valence-corrected chi connectivity index (χ0v) is 17.5. The average molecular weight is 372 g/mol. The van der Waals surface area contributed by atoms with Gasteiger partial charge in [-0.2, -0.15) is 0 Å². The Kier molecular flexibility index (Phi) is 7.31. The van der Waals surface area contributed by atoms with Gasteiger partial charge in [0.25, 0.3) is 0 Å². The predicted molar refractivity (Wildman–Crippen MR) is 112 cm³/mol. The molecule has 2 saturated heterocycles. The maximum atomic E-state index is 11.5. The van der Waals surface area contributed by atoms with Crippen LogP contribution < -0.4 is 0 Å². The quantitative estimate of drug-likeness (QED) is 0.768. The third kappa shape index (κ3) is 5.79. The average Bonchev–Trinajstić information content (AvgIpc) is 2.68. The number of hydrogen-bond acceptors (Lipinski definition) is 3. The SMILES string of the molecule is CC(=O)N1CCC(N(C)CC2CCCN(CCc3ccccc3C)C2)CC1. The number of aryl methyl sites for hydroxylation is 1. The molecule has 0 bridgehead atoms. The molecule has 150 valence electrons. The van der Waals surface area contributed by atoms with Crippen LogP contribution in [0.3, 0.4) is 0 Å². The van der Waals surface area contributed by atoms with Crippen molar-refractivity contribution < 1.29 is 4.79 Å². The van der Waals surface area contributed by atoms with Crippen LogP contribution in [0.25, 0.3) is 0 Å². The second-order valence-corrected chi connectivity index (χ2v) is 8.66. The van der Waals surface area contributed by atoms with Crippen molar-refractivity contribution in [1.29, 1.82) is 0 Å². The summed E-state index contributed by atoms with van der Waals surface area (Å²) in [5, 5.41) is 0. The van der Waals surface area contributed by atoms with E-state index in [2.05, 4.69) is 48.0 Å². The molecule has 1 aromatic rings. The van der Waals surface area contributed by atoms with Gasteiger partial charge >= 0.3 is 0 Å². The second-order valence-electron chi connectivity index (χ2n) is 8.66. The summed E-state index contributed by atoms with van der Waals surface area (Å²) in [7, 11) is 2.29. The summed E-state index contributed by atoms with van der Waals surface area (Å²) in [5.74, 6) is 1.01. The van der Waals surface area contributed by atoms with Gasteiger partial charge in [-0.15, -0.1) is 0 Å². The molecule has 0 aliphatic carbocycles. The molecule has 27 heavy (non-hydrogen) atoms. The van der Waals surface area contributed by atoms with Gasteiger partial charge in [-0.1, -0.05) is 24.3 Å². The van der Waals surface area contributed by atoms with Crippen molar-refractivity contribution in [1.82, 2.24) is 14.7 Å². The van der Waals surface area contributed by atoms with E-state index in [1.54, 1.807) is 6.92 Å². The summed E-state index contributed by atoms with van der Waals surface area (Å²) < 4.78 is 0. The number of hydrogen-bond donors (Lipinski definition) is 0. The van der Waals surface area contributed by atoms with Crippen LogP contribution in [-0.4, -0.2) is 73.0 Å². The van der Waals surface area contributed by atoms with Gasteiger partial charge in [0.1, 0.15) is 0 Å². The van der Waals surface area contributed by atoms with Crippen LogP contribution in [0.2, 0.25) is 0 Å². The molecule has 2 aliphatic rings. The lowest BCUT2D eigenvalue weighted by molar-refractivity contribution is -0.130. The maximum Gasteiger partial charge on any atom is 0.219 e. The Labute approximate surface area is 165 Å². The minimum absolute atomic E-state index is 0.229. The van der Waals surface area contributed by atoms with Crippen LogP contribution in [0.15, 0.2) is 24.3 Å². The Morgan fingerprint density at radius 2 is 1.89 bits per heavy atom. The highest BCUT2D eigenvalue weighted by Gasteiger charge is 2.27. The van der Waals surface area contributed by atoms with Crippen molar-refractivity contribution in [3.05, 3.63) is 35.4 Å². The summed E-state index contributed by atoms with van der Waals surface area (Å²) in [6.07, 6.45) is 6.10. The van der Waals surface area contributed by atoms with E-state index in [0.29, 0.717) is 6.04 Å². The number of nitrogens with zero attached hydrogens (tertiary/aromatic N) is 3. The van der Waals surface area contributed by atoms with E-state index in [4.69, 9.17) is 0 Å². The van der Waals surface area contributed by atoms with Gasteiger partial charge in [-0.3, -0.25) is 4.79 Å². The Hall–Kier alpha value is -1.39. The van der Waals surface area contributed by atoms with Crippen LogP contribution in [-0.2, 0) is 11.2 Å². The standard InChI is InChI=1S/C23H37N3O/c1-19-7-4-5-9-22(19)10-14-25-13-6-8-21(18-25)17-24(3)23-11-15-26(16-12-23)20(2)27/h4-5,7,9,21,23H,6,8,10-18H2,1-3H3. The smallest absolute Gasteiger partial charge is 0.219 e. The normalized spacial score (nSPS) is 22.4. The number of carbonyl (C=O) groups excluding carboxylic acids is 1. The first-order valence-corrected chi connectivity index (χ1v) is 10.8. The van der Waals surface area contributed by atoms with Gasteiger partial charge in [0, 0.05) is 45.7 Å². The molecule has 0 radical (unpaired) electrons. The first kappa shape index (κ1) is 20.3. The zero-order chi connectivity index (χ0) is 19.2. The molecular formula is C23H37N3O. The fourth-order valence-corrected chi connectivity index (χ4v) is 4.85. The fraction of sp³-hybridized carbons (Fsp3) is 0.696. The van der Waals surface area contributed by atoms with Crippen LogP contribution in [0.1, 0.15) is 43.7 Å². The molecule has 0 N–H and O–H groups in total. The van der Waals surface area contributed by atoms with Gasteiger partial charge in [-0.05, 0) is 69.7 Å². The highest BCUT2D eigenvalue weighted by Crippen LogP contribution is 2.22. The van der Waals surface area contributed by atoms with E-state index >= 15 is 0 Å². The number of benzene rings is 1. The molecule has 1 atom stereocenters. The first-order chi connectivity index (χ1) is 13.0. The molecule has 0 saturated carbocycles. The van der Waals surface area contributed by atoms with E-state index in [0.717, 1.165) is 31.8 Å². The van der Waals surface area contributed by atoms with Gasteiger partial charge in [0.2, 0.25) is 5.91 Å². The molecular weight excluding hydrogens is 334 g/mol. The summed E-state index contributed by atoms with van der Waals surface area (Å²) in [4.78, 5) is 18.8. The molecule has 4 nitrogen and oxygen atoms in total. The molecule has 1 aromatic carbocycles. The second kappa shape index (κ2) is 9.70. The summed E-state index contributed by atoms with van der Waals surface area (Å²) in [6, 6.07) is 9.43. The molecule has 3 rings (SSSR count). The van der Waals surface area contributed by atoms with Gasteiger partial charge in [-0.25, -0.2) is 0 Å². The van der Waals surface area contributed by atoms with Crippen molar-refractivity contribution in [2.75, 3.05) is 46.3 Å². The highest BCUT2D eigenvalue weighted by atomic mass is 16.2. The van der Waals surface area contributed by atoms with E-state index < -0.39 is 0 Å². The van der Waals surface area contributed by atoms with E-state index in [-0.39, 0.29) is 5.91 Å². The lowest BCUT2D eigenvalue weighted by Crippen LogP contribution is -2.48. The molecule has 2 heterocycles. The van der Waals surface area contributed by atoms with Crippen molar-refractivity contribution in [3.8, 4) is 0 Å². The number of carbonyl (C=O) groups is 1. The van der Waals surface area contributed by atoms with Crippen molar-refractivity contribution >= 4 is 5.91 Å². The van der Waals surface area contributed by atoms with E-state index in [9.17, 15) is 4.79 Å². The van der Waals surface area contributed by atoms with Crippen LogP contribution >= 0.6 is 0 Å². The van der Waals surface area contributed by atoms with Gasteiger partial charge in [0.15, 0.2) is 0 Å². The fourth-order valence-electron chi connectivity index (χ4n) is 4.85. The van der Waals surface area contributed by atoms with Crippen LogP contribution in [0.5, 0.6) is 0 Å². The molecule has 2 fully saturated rings.